The van der Waals surface area contributed by atoms with E-state index >= 15 is 0 Å². The number of hydrogen-bond donors (Lipinski definition) is 1. The van der Waals surface area contributed by atoms with Crippen LogP contribution in [0.15, 0.2) is 0 Å². The van der Waals surface area contributed by atoms with Crippen LogP contribution in [0.2, 0.25) is 0 Å². The fraction of sp³-hybridized carbons (Fsp3) is 0.917. The fourth-order valence-corrected chi connectivity index (χ4v) is 2.12. The number of carbonyl (C=O) groups excluding carboxylic acids is 1. The van der Waals surface area contributed by atoms with Gasteiger partial charge < -0.3 is 10.2 Å². The number of nitrogens with one attached hydrogen (secondary N) is 1. The van der Waals surface area contributed by atoms with E-state index in [2.05, 4.69) is 12.2 Å². The lowest BCUT2D eigenvalue weighted by Crippen LogP contribution is -2.46. The molecule has 0 radical (unpaired) electrons. The van der Waals surface area contributed by atoms with Crippen molar-refractivity contribution in [2.24, 2.45) is 0 Å². The Bertz CT molecular complexity index is 199. The molecule has 1 heterocycles. The normalized spacial score (nSPS) is 20.4. The molecule has 96 valence electrons. The van der Waals surface area contributed by atoms with Crippen LogP contribution in [0.25, 0.3) is 0 Å². The lowest BCUT2D eigenvalue weighted by molar-refractivity contribution is -0.132. The van der Waals surface area contributed by atoms with Gasteiger partial charge in [-0.15, -0.1) is 12.4 Å². The monoisotopic (exact) mass is 248 g/mol. The van der Waals surface area contributed by atoms with Crippen LogP contribution in [0.5, 0.6) is 0 Å². The summed E-state index contributed by atoms with van der Waals surface area (Å²) in [6, 6.07) is 0.508. The van der Waals surface area contributed by atoms with Crippen LogP contribution in [0.1, 0.15) is 45.4 Å². The summed E-state index contributed by atoms with van der Waals surface area (Å²) in [5, 5.41) is 3.26. The van der Waals surface area contributed by atoms with Crippen LogP contribution >= 0.6 is 12.4 Å². The molecule has 16 heavy (non-hydrogen) atoms. The lowest BCUT2D eigenvalue weighted by atomic mass is 10.1. The second kappa shape index (κ2) is 8.82. The molecule has 1 fully saturated rings. The van der Waals surface area contributed by atoms with Crippen molar-refractivity contribution in [3.63, 3.8) is 0 Å². The number of carbonyl (C=O) groups is 1. The van der Waals surface area contributed by atoms with Gasteiger partial charge >= 0.3 is 0 Å². The Kier molecular flexibility index (Phi) is 8.67. The van der Waals surface area contributed by atoms with E-state index in [0.717, 1.165) is 32.4 Å². The standard InChI is InChI=1S/C12H24N2O.ClH/c1-3-4-5-8-12(15)14-9-6-7-11(10-14)13-2;/h11,13H,3-10H2,1-2H3;1H/t11-;/m1./s1. The predicted octanol–water partition coefficient (Wildman–Crippen LogP) is 2.20. The number of likely N-dealkylation sites (tertiary alicyclic amines) is 1. The molecule has 1 aliphatic rings. The molecule has 1 atom stereocenters. The molecule has 0 aromatic heterocycles. The van der Waals surface area contributed by atoms with Crippen molar-refractivity contribution in [1.82, 2.24) is 10.2 Å². The number of nitrogens with zero attached hydrogens (tertiary/aromatic N) is 1. The van der Waals surface area contributed by atoms with Crippen molar-refractivity contribution in [2.45, 2.75) is 51.5 Å². The van der Waals surface area contributed by atoms with Crippen molar-refractivity contribution in [3.05, 3.63) is 0 Å². The number of likely N-dealkylation sites (N-methyl/N-ethyl adjacent to an activating group) is 1. The van der Waals surface area contributed by atoms with Crippen LogP contribution < -0.4 is 5.32 Å². The fourth-order valence-electron chi connectivity index (χ4n) is 2.12. The first kappa shape index (κ1) is 15.7. The average Bonchev–Trinajstić information content (AvgIpc) is 2.29. The van der Waals surface area contributed by atoms with Crippen molar-refractivity contribution in [2.75, 3.05) is 20.1 Å². The van der Waals surface area contributed by atoms with Crippen LogP contribution in [-0.2, 0) is 4.79 Å². The third-order valence-electron chi connectivity index (χ3n) is 3.18. The number of amides is 1. The highest BCUT2D eigenvalue weighted by Crippen LogP contribution is 2.12. The Morgan fingerprint density at radius 1 is 1.44 bits per heavy atom. The Labute approximate surface area is 105 Å². The number of piperidine rings is 1. The van der Waals surface area contributed by atoms with Gasteiger partial charge in [0.2, 0.25) is 5.91 Å². The molecule has 1 amide bonds. The van der Waals surface area contributed by atoms with Gasteiger partial charge in [0, 0.05) is 25.6 Å². The highest BCUT2D eigenvalue weighted by Gasteiger charge is 2.21. The third kappa shape index (κ3) is 5.17. The first-order valence-electron chi connectivity index (χ1n) is 6.23. The third-order valence-corrected chi connectivity index (χ3v) is 3.18. The van der Waals surface area contributed by atoms with E-state index in [1.165, 1.54) is 19.3 Å². The minimum absolute atomic E-state index is 0. The Balaban J connectivity index is 0.00000225. The van der Waals surface area contributed by atoms with Crippen LogP contribution in [0.3, 0.4) is 0 Å². The van der Waals surface area contributed by atoms with Crippen molar-refractivity contribution < 1.29 is 4.79 Å². The zero-order valence-corrected chi connectivity index (χ0v) is 11.3. The molecule has 0 bridgehead atoms. The maximum absolute atomic E-state index is 11.8. The molecule has 1 N–H and O–H groups in total. The molecular weight excluding hydrogens is 224 g/mol. The average molecular weight is 249 g/mol. The summed E-state index contributed by atoms with van der Waals surface area (Å²) in [5.41, 5.74) is 0. The topological polar surface area (TPSA) is 32.3 Å². The summed E-state index contributed by atoms with van der Waals surface area (Å²) in [4.78, 5) is 13.9. The molecule has 0 saturated carbocycles. The summed E-state index contributed by atoms with van der Waals surface area (Å²) < 4.78 is 0. The Hall–Kier alpha value is -0.280. The lowest BCUT2D eigenvalue weighted by Gasteiger charge is -2.32. The van der Waals surface area contributed by atoms with E-state index in [9.17, 15) is 4.79 Å². The van der Waals surface area contributed by atoms with Gasteiger partial charge in [0.25, 0.3) is 0 Å². The van der Waals surface area contributed by atoms with Gasteiger partial charge in [0.15, 0.2) is 0 Å². The largest absolute Gasteiger partial charge is 0.341 e. The second-order valence-electron chi connectivity index (χ2n) is 4.42. The van der Waals surface area contributed by atoms with Gasteiger partial charge in [0.1, 0.15) is 0 Å². The highest BCUT2D eigenvalue weighted by molar-refractivity contribution is 5.85. The summed E-state index contributed by atoms with van der Waals surface area (Å²) >= 11 is 0. The molecule has 1 saturated heterocycles. The quantitative estimate of drug-likeness (QED) is 0.757. The molecule has 0 spiro atoms. The number of hydrogen-bond acceptors (Lipinski definition) is 2. The summed E-state index contributed by atoms with van der Waals surface area (Å²) in [6.07, 6.45) is 6.50. The number of unbranched alkanes of at least 4 members (excludes halogenated alkanes) is 2. The van der Waals surface area contributed by atoms with Crippen molar-refractivity contribution in [1.29, 1.82) is 0 Å². The zero-order chi connectivity index (χ0) is 11.1. The van der Waals surface area contributed by atoms with E-state index in [-0.39, 0.29) is 12.4 Å². The first-order valence-corrected chi connectivity index (χ1v) is 6.23. The smallest absolute Gasteiger partial charge is 0.222 e. The molecular formula is C12H25ClN2O. The van der Waals surface area contributed by atoms with E-state index in [0.29, 0.717) is 11.9 Å². The maximum atomic E-state index is 11.8. The minimum atomic E-state index is 0. The molecule has 1 rings (SSSR count). The van der Waals surface area contributed by atoms with Gasteiger partial charge in [-0.2, -0.15) is 0 Å². The molecule has 0 aromatic rings. The molecule has 0 aliphatic carbocycles. The second-order valence-corrected chi connectivity index (χ2v) is 4.42. The SMILES string of the molecule is CCCCCC(=O)N1CCC[C@@H](NC)C1.Cl. The van der Waals surface area contributed by atoms with Gasteiger partial charge in [-0.3, -0.25) is 4.79 Å². The molecule has 0 unspecified atom stereocenters. The molecule has 3 nitrogen and oxygen atoms in total. The minimum Gasteiger partial charge on any atom is -0.341 e. The van der Waals surface area contributed by atoms with Crippen molar-refractivity contribution in [3.8, 4) is 0 Å². The Morgan fingerprint density at radius 3 is 2.81 bits per heavy atom. The van der Waals surface area contributed by atoms with E-state index in [1.807, 2.05) is 11.9 Å². The van der Waals surface area contributed by atoms with Gasteiger partial charge in [-0.05, 0) is 26.3 Å². The zero-order valence-electron chi connectivity index (χ0n) is 10.5. The first-order chi connectivity index (χ1) is 7.27. The molecule has 1 aliphatic heterocycles. The molecule has 4 heteroatoms. The van der Waals surface area contributed by atoms with Gasteiger partial charge in [0.05, 0.1) is 0 Å². The van der Waals surface area contributed by atoms with E-state index < -0.39 is 0 Å². The summed E-state index contributed by atoms with van der Waals surface area (Å²) in [6.45, 7) is 4.03. The number of rotatable bonds is 5. The molecule has 0 aromatic carbocycles. The summed E-state index contributed by atoms with van der Waals surface area (Å²) in [5.74, 6) is 0.350. The Morgan fingerprint density at radius 2 is 2.19 bits per heavy atom. The summed E-state index contributed by atoms with van der Waals surface area (Å²) in [7, 11) is 1.98. The maximum Gasteiger partial charge on any atom is 0.222 e. The van der Waals surface area contributed by atoms with Crippen LogP contribution in [-0.4, -0.2) is 37.0 Å². The predicted molar refractivity (Wildman–Crippen MR) is 70.1 cm³/mol. The van der Waals surface area contributed by atoms with E-state index in [1.54, 1.807) is 0 Å². The highest BCUT2D eigenvalue weighted by atomic mass is 35.5. The number of halogens is 1. The van der Waals surface area contributed by atoms with Crippen LogP contribution in [0.4, 0.5) is 0 Å². The van der Waals surface area contributed by atoms with Crippen LogP contribution in [0, 0.1) is 0 Å². The van der Waals surface area contributed by atoms with E-state index in [4.69, 9.17) is 0 Å². The van der Waals surface area contributed by atoms with Crippen molar-refractivity contribution >= 4 is 18.3 Å². The van der Waals surface area contributed by atoms with Gasteiger partial charge in [-0.25, -0.2) is 0 Å². The van der Waals surface area contributed by atoms with Gasteiger partial charge in [-0.1, -0.05) is 19.8 Å².